The van der Waals surface area contributed by atoms with E-state index >= 15 is 0 Å². The minimum Gasteiger partial charge on any atom is -0.469 e. The van der Waals surface area contributed by atoms with Gasteiger partial charge in [0.2, 0.25) is 0 Å². The fourth-order valence-corrected chi connectivity index (χ4v) is 6.71. The number of hydrogen-bond donors (Lipinski definition) is 0. The highest BCUT2D eigenvalue weighted by Crippen LogP contribution is 2.57. The highest BCUT2D eigenvalue weighted by molar-refractivity contribution is 6.01. The van der Waals surface area contributed by atoms with Crippen LogP contribution in [0.4, 0.5) is 0 Å². The monoisotopic (exact) mass is 721 g/mol. The maximum Gasteiger partial charge on any atom is 0.340 e. The summed E-state index contributed by atoms with van der Waals surface area (Å²) < 4.78 is 34.1. The molecule has 0 saturated heterocycles. The van der Waals surface area contributed by atoms with Gasteiger partial charge < -0.3 is 33.3 Å². The van der Waals surface area contributed by atoms with Gasteiger partial charge >= 0.3 is 23.9 Å². The second-order valence-electron chi connectivity index (χ2n) is 13.1. The molecule has 0 bridgehead atoms. The topological polar surface area (TPSA) is 144 Å². The molecule has 4 aromatic carbocycles. The number of hydrogen-bond acceptors (Lipinski definition) is 11. The maximum atomic E-state index is 14.1. The average Bonchev–Trinajstić information content (AvgIpc) is 3.41. The predicted octanol–water partition coefficient (Wildman–Crippen LogP) is 6.77. The molecule has 0 saturated carbocycles. The minimum absolute atomic E-state index is 0.00750. The molecule has 12 heteroatoms. The molecule has 1 unspecified atom stereocenters. The standard InChI is InChI=1S/C41H39NO11/c1-22-18-33-34(19-23(22)2)52-35-21-28(51-29-16-24(3)38(25(4)17-29)50-26(5)43)9-11-31(35)41(33)32-20-27(8-10-30(32)40(47)53-41)39(46)42(14-12-36(44)48-6)15-13-37(45)49-7/h8-11,16-21H,12-15H2,1-7H3. The minimum atomic E-state index is -1.50. The third-order valence-electron chi connectivity index (χ3n) is 9.47. The number of carbonyl (C=O) groups excluding carboxylic acids is 5. The number of esters is 4. The molecule has 274 valence electrons. The first kappa shape index (κ1) is 36.6. The second-order valence-corrected chi connectivity index (χ2v) is 13.1. The Morgan fingerprint density at radius 1 is 0.698 bits per heavy atom. The van der Waals surface area contributed by atoms with Crippen LogP contribution >= 0.6 is 0 Å². The zero-order chi connectivity index (χ0) is 38.2. The first-order chi connectivity index (χ1) is 25.2. The zero-order valence-electron chi connectivity index (χ0n) is 30.5. The summed E-state index contributed by atoms with van der Waals surface area (Å²) in [7, 11) is 2.52. The largest absolute Gasteiger partial charge is 0.469 e. The van der Waals surface area contributed by atoms with Crippen LogP contribution in [0.15, 0.2) is 60.7 Å². The SMILES string of the molecule is COC(=O)CCN(CCC(=O)OC)C(=O)c1ccc2c(c1)C1(OC2=O)c2ccc(Oc3cc(C)c(OC(C)=O)c(C)c3)cc2Oc2cc(C)c(C)cc21. The van der Waals surface area contributed by atoms with Crippen molar-refractivity contribution in [2.75, 3.05) is 27.3 Å². The molecule has 1 spiro atoms. The highest BCUT2D eigenvalue weighted by Gasteiger charge is 2.54. The van der Waals surface area contributed by atoms with Crippen molar-refractivity contribution in [1.82, 2.24) is 4.90 Å². The quantitative estimate of drug-likeness (QED) is 0.0972. The summed E-state index contributed by atoms with van der Waals surface area (Å²) in [6.07, 6.45) is -0.174. The van der Waals surface area contributed by atoms with E-state index in [0.29, 0.717) is 45.4 Å². The molecule has 2 aliphatic rings. The molecular formula is C41H39NO11. The summed E-state index contributed by atoms with van der Waals surface area (Å²) in [6.45, 7) is 8.87. The van der Waals surface area contributed by atoms with Crippen molar-refractivity contribution in [3.05, 3.63) is 111 Å². The van der Waals surface area contributed by atoms with Crippen LogP contribution in [0.1, 0.15) is 79.4 Å². The van der Waals surface area contributed by atoms with Gasteiger partial charge in [0.1, 0.15) is 28.7 Å². The third-order valence-corrected chi connectivity index (χ3v) is 9.47. The van der Waals surface area contributed by atoms with Gasteiger partial charge in [-0.15, -0.1) is 0 Å². The number of rotatable bonds is 10. The predicted molar refractivity (Wildman–Crippen MR) is 191 cm³/mol. The van der Waals surface area contributed by atoms with E-state index < -0.39 is 35.4 Å². The molecule has 0 fully saturated rings. The summed E-state index contributed by atoms with van der Waals surface area (Å²) in [5.41, 5.74) is 3.86. The first-order valence-corrected chi connectivity index (χ1v) is 17.0. The molecule has 1 amide bonds. The Labute approximate surface area is 306 Å². The molecule has 12 nitrogen and oxygen atoms in total. The molecule has 2 aliphatic heterocycles. The Bertz CT molecular complexity index is 2150. The van der Waals surface area contributed by atoms with Gasteiger partial charge in [0.15, 0.2) is 5.60 Å². The van der Waals surface area contributed by atoms with Crippen LogP contribution in [0, 0.1) is 27.7 Å². The Kier molecular flexibility index (Phi) is 9.98. The molecule has 1 atom stereocenters. The molecular weight excluding hydrogens is 682 g/mol. The lowest BCUT2D eigenvalue weighted by molar-refractivity contribution is -0.140. The fraction of sp³-hybridized carbons (Fsp3) is 0.293. The van der Waals surface area contributed by atoms with E-state index in [1.54, 1.807) is 42.5 Å². The molecule has 53 heavy (non-hydrogen) atoms. The van der Waals surface area contributed by atoms with Gasteiger partial charge in [-0.2, -0.15) is 0 Å². The number of aryl methyl sites for hydroxylation is 4. The van der Waals surface area contributed by atoms with Gasteiger partial charge in [0.25, 0.3) is 5.91 Å². The lowest BCUT2D eigenvalue weighted by Gasteiger charge is -2.37. The number of carbonyl (C=O) groups is 5. The third kappa shape index (κ3) is 6.92. The number of nitrogens with zero attached hydrogens (tertiary/aromatic N) is 1. The van der Waals surface area contributed by atoms with Crippen molar-refractivity contribution in [3.63, 3.8) is 0 Å². The number of benzene rings is 4. The number of ether oxygens (including phenoxy) is 6. The first-order valence-electron chi connectivity index (χ1n) is 17.0. The van der Waals surface area contributed by atoms with Crippen LogP contribution in [-0.4, -0.2) is 62.0 Å². The van der Waals surface area contributed by atoms with Crippen molar-refractivity contribution in [1.29, 1.82) is 0 Å². The van der Waals surface area contributed by atoms with Gasteiger partial charge in [-0.05, 0) is 105 Å². The second kappa shape index (κ2) is 14.5. The molecule has 0 aromatic heterocycles. The fourth-order valence-electron chi connectivity index (χ4n) is 6.71. The maximum absolute atomic E-state index is 14.1. The number of fused-ring (bicyclic) bond motifs is 6. The average molecular weight is 722 g/mol. The molecule has 2 heterocycles. The Morgan fingerprint density at radius 3 is 1.94 bits per heavy atom. The normalized spacial score (nSPS) is 15.0. The Morgan fingerprint density at radius 2 is 1.32 bits per heavy atom. The number of methoxy groups -OCH3 is 2. The van der Waals surface area contributed by atoms with E-state index in [4.69, 9.17) is 28.4 Å². The summed E-state index contributed by atoms with van der Waals surface area (Å²) in [6, 6.07) is 17.3. The van der Waals surface area contributed by atoms with Gasteiger partial charge in [0, 0.05) is 48.3 Å². The molecule has 6 rings (SSSR count). The van der Waals surface area contributed by atoms with E-state index in [1.807, 2.05) is 39.8 Å². The Balaban J connectivity index is 1.44. The smallest absolute Gasteiger partial charge is 0.340 e. The van der Waals surface area contributed by atoms with Crippen molar-refractivity contribution >= 4 is 29.8 Å². The van der Waals surface area contributed by atoms with E-state index in [2.05, 4.69) is 0 Å². The molecule has 0 aliphatic carbocycles. The van der Waals surface area contributed by atoms with Gasteiger partial charge in [-0.1, -0.05) is 0 Å². The van der Waals surface area contributed by atoms with Crippen molar-refractivity contribution in [2.45, 2.75) is 53.1 Å². The Hall–Kier alpha value is -6.17. The van der Waals surface area contributed by atoms with Crippen LogP contribution in [-0.2, 0) is 34.2 Å². The van der Waals surface area contributed by atoms with E-state index in [0.717, 1.165) is 22.3 Å². The van der Waals surface area contributed by atoms with Crippen molar-refractivity contribution < 1.29 is 52.4 Å². The van der Waals surface area contributed by atoms with Gasteiger partial charge in [-0.25, -0.2) is 4.79 Å². The van der Waals surface area contributed by atoms with Gasteiger partial charge in [0.05, 0.1) is 32.6 Å². The van der Waals surface area contributed by atoms with Crippen molar-refractivity contribution in [3.8, 4) is 28.7 Å². The lowest BCUT2D eigenvalue weighted by atomic mass is 9.76. The van der Waals surface area contributed by atoms with Crippen LogP contribution < -0.4 is 14.2 Å². The lowest BCUT2D eigenvalue weighted by Crippen LogP contribution is -2.36. The molecule has 0 radical (unpaired) electrons. The van der Waals surface area contributed by atoms with Crippen LogP contribution in [0.2, 0.25) is 0 Å². The van der Waals surface area contributed by atoms with Crippen molar-refractivity contribution in [2.24, 2.45) is 0 Å². The van der Waals surface area contributed by atoms with E-state index in [-0.39, 0.29) is 37.1 Å². The summed E-state index contributed by atoms with van der Waals surface area (Å²) in [4.78, 5) is 64.8. The van der Waals surface area contributed by atoms with E-state index in [1.165, 1.54) is 32.1 Å². The number of amides is 1. The van der Waals surface area contributed by atoms with Crippen LogP contribution in [0.3, 0.4) is 0 Å². The van der Waals surface area contributed by atoms with E-state index in [9.17, 15) is 24.0 Å². The summed E-state index contributed by atoms with van der Waals surface area (Å²) in [5.74, 6) is -0.232. The summed E-state index contributed by atoms with van der Waals surface area (Å²) in [5, 5.41) is 0. The highest BCUT2D eigenvalue weighted by atomic mass is 16.6. The van der Waals surface area contributed by atoms with Crippen LogP contribution in [0.5, 0.6) is 28.7 Å². The van der Waals surface area contributed by atoms with Crippen LogP contribution in [0.25, 0.3) is 0 Å². The molecule has 0 N–H and O–H groups in total. The summed E-state index contributed by atoms with van der Waals surface area (Å²) >= 11 is 0. The zero-order valence-corrected chi connectivity index (χ0v) is 30.5. The molecule has 4 aromatic rings. The van der Waals surface area contributed by atoms with Gasteiger partial charge in [-0.3, -0.25) is 19.2 Å².